The van der Waals surface area contributed by atoms with Gasteiger partial charge in [-0.2, -0.15) is 52.7 Å². The molecule has 4 aliphatic heterocycles. The van der Waals surface area contributed by atoms with Gasteiger partial charge in [-0.3, -0.25) is 0 Å². The van der Waals surface area contributed by atoms with Gasteiger partial charge in [-0.1, -0.05) is 99.7 Å². The van der Waals surface area contributed by atoms with E-state index in [1.807, 2.05) is 0 Å². The predicted molar refractivity (Wildman–Crippen MR) is 402 cm³/mol. The van der Waals surface area contributed by atoms with Crippen LogP contribution in [0.3, 0.4) is 0 Å². The maximum Gasteiger partial charge on any atom is 0.420 e. The second-order valence-corrected chi connectivity index (χ2v) is 39.7. The van der Waals surface area contributed by atoms with Crippen LogP contribution in [-0.4, -0.2) is 81.2 Å². The number of nitrogens with zero attached hydrogens (tertiary/aromatic N) is 4. The molecule has 0 unspecified atom stereocenters. The van der Waals surface area contributed by atoms with Crippen LogP contribution in [0.1, 0.15) is 99.6 Å². The molecular formula is C82H62F12N8O4Si2. The van der Waals surface area contributed by atoms with Gasteiger partial charge >= 0.3 is 36.6 Å². The van der Waals surface area contributed by atoms with Crippen molar-refractivity contribution in [2.24, 2.45) is 0 Å². The summed E-state index contributed by atoms with van der Waals surface area (Å²) in [4.78, 5) is 55.5. The van der Waals surface area contributed by atoms with Crippen LogP contribution in [0.15, 0.2) is 146 Å². The lowest BCUT2D eigenvalue weighted by atomic mass is 10.0. The molecule has 0 radical (unpaired) electrons. The molecule has 10 aromatic rings. The van der Waals surface area contributed by atoms with E-state index in [9.17, 15) is 9.59 Å². The molecule has 4 N–H and O–H groups in total. The van der Waals surface area contributed by atoms with Crippen molar-refractivity contribution in [2.75, 3.05) is 13.2 Å². The maximum atomic E-state index is 15.6. The Kier molecular flexibility index (Phi) is 18.8. The smallest absolute Gasteiger partial charge is 0.420 e. The van der Waals surface area contributed by atoms with Gasteiger partial charge in [0.2, 0.25) is 0 Å². The Bertz CT molecular complexity index is 5490. The Balaban J connectivity index is 0.831. The van der Waals surface area contributed by atoms with Crippen molar-refractivity contribution in [3.63, 3.8) is 0 Å². The van der Waals surface area contributed by atoms with Gasteiger partial charge < -0.3 is 29.4 Å². The van der Waals surface area contributed by atoms with Gasteiger partial charge in [-0.05, 0) is 180 Å². The molecule has 108 heavy (non-hydrogen) atoms. The van der Waals surface area contributed by atoms with Gasteiger partial charge in [-0.25, -0.2) is 29.5 Å². The number of aromatic nitrogens is 8. The third kappa shape index (κ3) is 15.3. The Morgan fingerprint density at radius 3 is 0.750 bits per heavy atom. The molecule has 16 bridgehead atoms. The first-order chi connectivity index (χ1) is 51.1. The molecule has 546 valence electrons. The highest BCUT2D eigenvalue weighted by Gasteiger charge is 2.41. The van der Waals surface area contributed by atoms with Crippen LogP contribution in [0.2, 0.25) is 51.4 Å². The van der Waals surface area contributed by atoms with Crippen LogP contribution in [0.4, 0.5) is 52.7 Å². The first-order valence-electron chi connectivity index (χ1n) is 34.0. The molecule has 0 amide bonds. The van der Waals surface area contributed by atoms with Crippen molar-refractivity contribution in [2.45, 2.75) is 76.1 Å². The number of hydrogen-bond donors (Lipinski definition) is 4. The molecule has 0 saturated heterocycles. The van der Waals surface area contributed by atoms with Gasteiger partial charge in [0.05, 0.1) is 92.0 Å². The Labute approximate surface area is 610 Å². The van der Waals surface area contributed by atoms with Gasteiger partial charge in [0.25, 0.3) is 0 Å². The van der Waals surface area contributed by atoms with Crippen LogP contribution in [0.5, 0.6) is 0 Å². The number of carbonyl (C=O) groups is 2. The number of H-pyrrole nitrogens is 4. The summed E-state index contributed by atoms with van der Waals surface area (Å²) in [6.45, 7) is 13.2. The molecular weight excluding hydrogens is 1450 g/mol. The average Bonchev–Trinajstić information content (AvgIpc) is 1.61. The molecule has 0 fully saturated rings. The number of esters is 2. The number of aromatic amines is 4. The monoisotopic (exact) mass is 1510 g/mol. The van der Waals surface area contributed by atoms with Crippen molar-refractivity contribution in [3.05, 3.63) is 236 Å². The van der Waals surface area contributed by atoms with Crippen molar-refractivity contribution < 1.29 is 71.7 Å². The molecule has 4 aromatic carbocycles. The van der Waals surface area contributed by atoms with Crippen LogP contribution < -0.4 is 0 Å². The van der Waals surface area contributed by atoms with E-state index in [1.165, 1.54) is 134 Å². The zero-order chi connectivity index (χ0) is 76.6. The number of ether oxygens (including phenoxy) is 2. The minimum Gasteiger partial charge on any atom is -0.462 e. The van der Waals surface area contributed by atoms with E-state index in [2.05, 4.69) is 91.0 Å². The summed E-state index contributed by atoms with van der Waals surface area (Å²) in [6.07, 6.45) is -10.1. The molecule has 0 aliphatic carbocycles. The number of rotatable bonds is 12. The number of benzene rings is 4. The number of nitrogens with one attached hydrogen (secondary N) is 4. The molecule has 10 heterocycles. The summed E-state index contributed by atoms with van der Waals surface area (Å²) in [5.74, 6) is 4.89. The van der Waals surface area contributed by atoms with Crippen LogP contribution in [-0.2, 0) is 34.2 Å². The summed E-state index contributed by atoms with van der Waals surface area (Å²) >= 11 is 0. The highest BCUT2D eigenvalue weighted by Crippen LogP contribution is 2.45. The average molecular weight is 1510 g/mol. The van der Waals surface area contributed by atoms with Crippen molar-refractivity contribution in [3.8, 4) is 56.3 Å². The van der Waals surface area contributed by atoms with E-state index >= 15 is 52.7 Å². The highest BCUT2D eigenvalue weighted by atomic mass is 28.3. The minimum absolute atomic E-state index is 0.0244. The first kappa shape index (κ1) is 73.1. The standard InChI is InChI=1S/C82H62F12N8O4Si2/c1-107(2,3)43-41-105-77(103)51-21-17-49(18-22-51)71-57-29-37-65(99-57)73(79(83,84)85)61-33-25-53(95-61)69(54-26-34-62(96-54)74(80(86,87)88)66-38-30-58(71)100-66)47-13-9-45(10-14-47)7-8-46-11-15-48(16-12-46)70-55-27-35-63(97-55)75(81(89,90)91)67-39-31-59(101-67)72(50-19-23-52(24-20-50)78(104)106-42-44-108(4,5)6)60-32-40-68(102-60)76(82(92,93)94)64-36-28-56(70)98-64/h9-40,95,97,100,102H,41-44H2,1-6H3. The van der Waals surface area contributed by atoms with Gasteiger partial charge in [-0.15, -0.1) is 0 Å². The third-order valence-corrected chi connectivity index (χ3v) is 21.7. The topological polar surface area (TPSA) is 167 Å². The summed E-state index contributed by atoms with van der Waals surface area (Å²) < 4.78 is 198. The molecule has 6 aromatic heterocycles. The van der Waals surface area contributed by atoms with Gasteiger partial charge in [0.1, 0.15) is 22.3 Å². The van der Waals surface area contributed by atoms with Crippen LogP contribution in [0.25, 0.3) is 137 Å². The number of halogens is 12. The lowest BCUT2D eigenvalue weighted by molar-refractivity contribution is -0.137. The lowest BCUT2D eigenvalue weighted by Gasteiger charge is -2.15. The van der Waals surface area contributed by atoms with Crippen molar-refractivity contribution in [1.82, 2.24) is 39.9 Å². The molecule has 26 heteroatoms. The number of fused-ring (bicyclic) bond motifs is 16. The zero-order valence-corrected chi connectivity index (χ0v) is 60.3. The second-order valence-electron chi connectivity index (χ2n) is 28.4. The second kappa shape index (κ2) is 27.8. The minimum atomic E-state index is -5.01. The van der Waals surface area contributed by atoms with E-state index in [0.717, 1.165) is 24.2 Å². The summed E-state index contributed by atoms with van der Waals surface area (Å²) in [5.41, 5.74) is -5.27. The molecule has 14 rings (SSSR count). The Morgan fingerprint density at radius 1 is 0.315 bits per heavy atom. The first-order valence-corrected chi connectivity index (χ1v) is 41.4. The van der Waals surface area contributed by atoms with E-state index in [0.29, 0.717) is 33.4 Å². The summed E-state index contributed by atoms with van der Waals surface area (Å²) in [7, 11) is -3.10. The Hall–Kier alpha value is -11.8. The van der Waals surface area contributed by atoms with E-state index in [1.54, 1.807) is 48.5 Å². The molecule has 4 aliphatic rings. The fourth-order valence-electron chi connectivity index (χ4n) is 13.0. The van der Waals surface area contributed by atoms with Crippen molar-refractivity contribution in [1.29, 1.82) is 0 Å². The Morgan fingerprint density at radius 2 is 0.528 bits per heavy atom. The molecule has 12 nitrogen and oxygen atoms in total. The van der Waals surface area contributed by atoms with E-state index in [4.69, 9.17) is 9.47 Å². The lowest BCUT2D eigenvalue weighted by Crippen LogP contribution is -2.22. The van der Waals surface area contributed by atoms with Gasteiger partial charge in [0, 0.05) is 71.6 Å². The molecule has 0 spiro atoms. The fraction of sp³-hybridized carbons (Fsp3) is 0.171. The van der Waals surface area contributed by atoms with Crippen LogP contribution in [0, 0.1) is 11.8 Å². The molecule has 0 atom stereocenters. The summed E-state index contributed by atoms with van der Waals surface area (Å²) in [6, 6.07) is 36.1. The van der Waals surface area contributed by atoms with Crippen molar-refractivity contribution >= 4 is 121 Å². The normalized spacial score (nSPS) is 13.1. The molecule has 0 saturated carbocycles. The van der Waals surface area contributed by atoms with E-state index < -0.39 is 120 Å². The fourth-order valence-corrected chi connectivity index (χ4v) is 14.4. The SMILES string of the molecule is C[Si](C)(C)CCOC(=O)c1ccc(-c2c3nc(c(C(F)(F)F)c4ccc([nH]4)c(-c4ccc(C#Cc5ccc(-c6c7nc(c(C(F)(F)F)c8ccc([nH]8)c(-c8ccc(C(=O)OCC[Si](C)(C)C)cc8)c8nc(c(C(F)(F)F)c9ccc6[nH]9)C=C8)C=C7)cc5)cc4)c4nc(c(C(F)(F)F)c5ccc2[nH]5)C=C4)C=C3)cc1. The number of carbonyl (C=O) groups excluding carboxylic acids is 2. The van der Waals surface area contributed by atoms with Gasteiger partial charge in [0.15, 0.2) is 0 Å². The summed E-state index contributed by atoms with van der Waals surface area (Å²) in [5, 5.41) is 0. The number of hydrogen-bond acceptors (Lipinski definition) is 8. The van der Waals surface area contributed by atoms with Crippen LogP contribution >= 0.6 is 0 Å². The maximum absolute atomic E-state index is 15.6. The number of alkyl halides is 12. The largest absolute Gasteiger partial charge is 0.462 e. The zero-order valence-electron chi connectivity index (χ0n) is 58.3. The third-order valence-electron chi connectivity index (χ3n) is 18.3. The quantitative estimate of drug-likeness (QED) is 0.0406. The predicted octanol–water partition coefficient (Wildman–Crippen LogP) is 22.8. The highest BCUT2D eigenvalue weighted by molar-refractivity contribution is 6.76. The van der Waals surface area contributed by atoms with E-state index in [-0.39, 0.29) is 91.4 Å².